The predicted molar refractivity (Wildman–Crippen MR) is 101 cm³/mol. The number of thioether (sulfide) groups is 1. The molecule has 1 heterocycles. The van der Waals surface area contributed by atoms with Crippen molar-refractivity contribution >= 4 is 17.7 Å². The molecule has 3 aromatic rings. The Hall–Kier alpha value is -2.80. The fraction of sp³-hybridized carbons (Fsp3) is 0.211. The number of methoxy groups -OCH3 is 2. The van der Waals surface area contributed by atoms with Crippen LogP contribution < -0.4 is 4.74 Å². The number of carbonyl (C=O) groups is 1. The van der Waals surface area contributed by atoms with Crippen molar-refractivity contribution in [3.05, 3.63) is 54.6 Å². The summed E-state index contributed by atoms with van der Waals surface area (Å²) in [6.07, 6.45) is 0. The zero-order chi connectivity index (χ0) is 18.5. The first-order valence-corrected chi connectivity index (χ1v) is 8.91. The smallest absolute Gasteiger partial charge is 0.318 e. The SMILES string of the molecule is COC(=O)[C@H](C)Sc1nnc(-c2ccc(OC)cc2)n1-c1ccccc1. The normalized spacial score (nSPS) is 11.8. The Morgan fingerprint density at radius 3 is 2.35 bits per heavy atom. The van der Waals surface area contributed by atoms with Gasteiger partial charge in [0.25, 0.3) is 0 Å². The molecule has 7 heteroatoms. The lowest BCUT2D eigenvalue weighted by molar-refractivity contribution is -0.139. The van der Waals surface area contributed by atoms with E-state index >= 15 is 0 Å². The van der Waals surface area contributed by atoms with E-state index in [-0.39, 0.29) is 5.97 Å². The van der Waals surface area contributed by atoms with Crippen LogP contribution in [0.2, 0.25) is 0 Å². The van der Waals surface area contributed by atoms with Crippen LogP contribution in [0, 0.1) is 0 Å². The summed E-state index contributed by atoms with van der Waals surface area (Å²) < 4.78 is 12.0. The summed E-state index contributed by atoms with van der Waals surface area (Å²) in [5, 5.41) is 8.89. The van der Waals surface area contributed by atoms with Gasteiger partial charge in [0, 0.05) is 11.3 Å². The lowest BCUT2D eigenvalue weighted by Crippen LogP contribution is -2.15. The topological polar surface area (TPSA) is 66.2 Å². The molecule has 0 saturated carbocycles. The fourth-order valence-electron chi connectivity index (χ4n) is 2.46. The standard InChI is InChI=1S/C19H19N3O3S/c1-13(18(23)25-3)26-19-21-20-17(14-9-11-16(24-2)12-10-14)22(19)15-7-5-4-6-8-15/h4-13H,1-3H3/t13-/m0/s1. The molecule has 0 spiro atoms. The van der Waals surface area contributed by atoms with Crippen LogP contribution in [0.25, 0.3) is 17.1 Å². The van der Waals surface area contributed by atoms with Crippen LogP contribution in [-0.4, -0.2) is 40.2 Å². The van der Waals surface area contributed by atoms with Gasteiger partial charge < -0.3 is 9.47 Å². The first-order valence-electron chi connectivity index (χ1n) is 8.03. The van der Waals surface area contributed by atoms with Crippen LogP contribution in [0.5, 0.6) is 5.75 Å². The molecule has 26 heavy (non-hydrogen) atoms. The van der Waals surface area contributed by atoms with Crippen LogP contribution in [-0.2, 0) is 9.53 Å². The molecule has 134 valence electrons. The molecule has 3 rings (SSSR count). The molecule has 0 N–H and O–H groups in total. The number of aromatic nitrogens is 3. The number of hydrogen-bond donors (Lipinski definition) is 0. The average Bonchev–Trinajstić information content (AvgIpc) is 3.11. The van der Waals surface area contributed by atoms with Crippen molar-refractivity contribution in [2.24, 2.45) is 0 Å². The molecule has 0 unspecified atom stereocenters. The van der Waals surface area contributed by atoms with Gasteiger partial charge in [0.05, 0.1) is 14.2 Å². The Morgan fingerprint density at radius 2 is 1.73 bits per heavy atom. The molecule has 0 fully saturated rings. The van der Waals surface area contributed by atoms with E-state index in [0.717, 1.165) is 17.0 Å². The molecule has 6 nitrogen and oxygen atoms in total. The molecule has 0 aliphatic rings. The van der Waals surface area contributed by atoms with Crippen LogP contribution >= 0.6 is 11.8 Å². The van der Waals surface area contributed by atoms with Gasteiger partial charge >= 0.3 is 5.97 Å². The third-order valence-electron chi connectivity index (χ3n) is 3.81. The lowest BCUT2D eigenvalue weighted by atomic mass is 10.2. The summed E-state index contributed by atoms with van der Waals surface area (Å²) in [7, 11) is 3.01. The monoisotopic (exact) mass is 369 g/mol. The highest BCUT2D eigenvalue weighted by atomic mass is 32.2. The molecule has 0 aliphatic heterocycles. The summed E-state index contributed by atoms with van der Waals surface area (Å²) in [6, 6.07) is 17.4. The van der Waals surface area contributed by atoms with E-state index in [1.807, 2.05) is 59.2 Å². The Kier molecular flexibility index (Phi) is 5.58. The van der Waals surface area contributed by atoms with Crippen LogP contribution in [0.4, 0.5) is 0 Å². The van der Waals surface area contributed by atoms with Crippen LogP contribution in [0.1, 0.15) is 6.92 Å². The van der Waals surface area contributed by atoms with E-state index < -0.39 is 5.25 Å². The molecule has 2 aromatic carbocycles. The highest BCUT2D eigenvalue weighted by Crippen LogP contribution is 2.31. The molecule has 0 amide bonds. The molecule has 0 saturated heterocycles. The zero-order valence-corrected chi connectivity index (χ0v) is 15.6. The summed E-state index contributed by atoms with van der Waals surface area (Å²) in [5.41, 5.74) is 1.82. The second-order valence-corrected chi connectivity index (χ2v) is 6.80. The molecular weight excluding hydrogens is 350 g/mol. The van der Waals surface area contributed by atoms with Gasteiger partial charge in [-0.15, -0.1) is 10.2 Å². The lowest BCUT2D eigenvalue weighted by Gasteiger charge is -2.12. The van der Waals surface area contributed by atoms with E-state index in [2.05, 4.69) is 10.2 Å². The quantitative estimate of drug-likeness (QED) is 0.489. The van der Waals surface area contributed by atoms with Crippen molar-refractivity contribution in [3.63, 3.8) is 0 Å². The molecule has 1 aromatic heterocycles. The maximum absolute atomic E-state index is 11.8. The Bertz CT molecular complexity index is 879. The number of esters is 1. The summed E-state index contributed by atoms with van der Waals surface area (Å²) in [6.45, 7) is 1.79. The Morgan fingerprint density at radius 1 is 1.04 bits per heavy atom. The van der Waals surface area contributed by atoms with Crippen molar-refractivity contribution in [3.8, 4) is 22.8 Å². The van der Waals surface area contributed by atoms with Crippen molar-refractivity contribution in [2.45, 2.75) is 17.3 Å². The van der Waals surface area contributed by atoms with E-state index in [1.165, 1.54) is 18.9 Å². The number of benzene rings is 2. The van der Waals surface area contributed by atoms with Gasteiger partial charge in [-0.1, -0.05) is 30.0 Å². The number of nitrogens with zero attached hydrogens (tertiary/aromatic N) is 3. The van der Waals surface area contributed by atoms with E-state index in [4.69, 9.17) is 9.47 Å². The Balaban J connectivity index is 2.06. The van der Waals surface area contributed by atoms with Crippen molar-refractivity contribution in [1.82, 2.24) is 14.8 Å². The second kappa shape index (κ2) is 8.05. The first kappa shape index (κ1) is 18.0. The number of ether oxygens (including phenoxy) is 2. The Labute approximate surface area is 156 Å². The van der Waals surface area contributed by atoms with Crippen LogP contribution in [0.15, 0.2) is 59.8 Å². The zero-order valence-electron chi connectivity index (χ0n) is 14.7. The van der Waals surface area contributed by atoms with Crippen molar-refractivity contribution in [1.29, 1.82) is 0 Å². The summed E-state index contributed by atoms with van der Waals surface area (Å²) >= 11 is 1.31. The molecule has 1 atom stereocenters. The maximum Gasteiger partial charge on any atom is 0.318 e. The molecule has 0 aliphatic carbocycles. The third-order valence-corrected chi connectivity index (χ3v) is 4.83. The maximum atomic E-state index is 11.8. The van der Waals surface area contributed by atoms with Gasteiger partial charge in [0.15, 0.2) is 11.0 Å². The van der Waals surface area contributed by atoms with Gasteiger partial charge in [-0.05, 0) is 43.3 Å². The second-order valence-electron chi connectivity index (χ2n) is 5.49. The molecule has 0 bridgehead atoms. The summed E-state index contributed by atoms with van der Waals surface area (Å²) in [5.74, 6) is 1.16. The van der Waals surface area contributed by atoms with Gasteiger partial charge in [-0.25, -0.2) is 0 Å². The van der Waals surface area contributed by atoms with E-state index in [1.54, 1.807) is 14.0 Å². The minimum Gasteiger partial charge on any atom is -0.497 e. The minimum atomic E-state index is -0.393. The van der Waals surface area contributed by atoms with Crippen molar-refractivity contribution in [2.75, 3.05) is 14.2 Å². The van der Waals surface area contributed by atoms with E-state index in [9.17, 15) is 4.79 Å². The van der Waals surface area contributed by atoms with E-state index in [0.29, 0.717) is 11.0 Å². The highest BCUT2D eigenvalue weighted by Gasteiger charge is 2.22. The number of carbonyl (C=O) groups excluding carboxylic acids is 1. The number of hydrogen-bond acceptors (Lipinski definition) is 6. The molecular formula is C19H19N3O3S. The predicted octanol–water partition coefficient (Wildman–Crippen LogP) is 3.60. The summed E-state index contributed by atoms with van der Waals surface area (Å²) in [4.78, 5) is 11.8. The van der Waals surface area contributed by atoms with Crippen LogP contribution in [0.3, 0.4) is 0 Å². The number of para-hydroxylation sites is 1. The third kappa shape index (κ3) is 3.72. The van der Waals surface area contributed by atoms with Crippen molar-refractivity contribution < 1.29 is 14.3 Å². The highest BCUT2D eigenvalue weighted by molar-refractivity contribution is 8.00. The first-order chi connectivity index (χ1) is 12.6. The largest absolute Gasteiger partial charge is 0.497 e. The average molecular weight is 369 g/mol. The van der Waals surface area contributed by atoms with Gasteiger partial charge in [0.2, 0.25) is 0 Å². The molecule has 0 radical (unpaired) electrons. The van der Waals surface area contributed by atoms with Gasteiger partial charge in [-0.2, -0.15) is 0 Å². The minimum absolute atomic E-state index is 0.302. The fourth-order valence-corrected chi connectivity index (χ4v) is 3.35. The number of rotatable bonds is 6. The van der Waals surface area contributed by atoms with Gasteiger partial charge in [0.1, 0.15) is 11.0 Å². The van der Waals surface area contributed by atoms with Gasteiger partial charge in [-0.3, -0.25) is 9.36 Å².